The van der Waals surface area contributed by atoms with Crippen LogP contribution in [0.5, 0.6) is 17.2 Å². The number of carbonyl (C=O) groups is 1. The minimum absolute atomic E-state index is 0.0119. The molecule has 0 aliphatic carbocycles. The number of hydrogen-bond donors (Lipinski definition) is 1. The summed E-state index contributed by atoms with van der Waals surface area (Å²) in [6, 6.07) is 21.0. The number of rotatable bonds is 7. The Morgan fingerprint density at radius 1 is 0.912 bits per heavy atom. The lowest BCUT2D eigenvalue weighted by atomic mass is 9.85. The number of aliphatic carboxylic acids is 1. The molecule has 5 heteroatoms. The lowest BCUT2D eigenvalue weighted by molar-refractivity contribution is -0.133. The fourth-order valence-corrected chi connectivity index (χ4v) is 4.19. The predicted molar refractivity (Wildman–Crippen MR) is 133 cm³/mol. The van der Waals surface area contributed by atoms with Gasteiger partial charge in [0.05, 0.1) is 18.8 Å². The minimum Gasteiger partial charge on any atom is -0.497 e. The van der Waals surface area contributed by atoms with Crippen molar-refractivity contribution >= 4 is 11.5 Å². The second kappa shape index (κ2) is 9.64. The van der Waals surface area contributed by atoms with Crippen molar-refractivity contribution in [3.8, 4) is 17.2 Å². The van der Waals surface area contributed by atoms with Crippen LogP contribution in [0.2, 0.25) is 0 Å². The molecule has 0 radical (unpaired) electrons. The fourth-order valence-electron chi connectivity index (χ4n) is 4.19. The molecule has 0 fully saturated rings. The molecule has 1 unspecified atom stereocenters. The molecule has 0 spiro atoms. The summed E-state index contributed by atoms with van der Waals surface area (Å²) in [6.07, 6.45) is -0.762. The topological polar surface area (TPSA) is 65.0 Å². The molecule has 1 N–H and O–H groups in total. The third-order valence-corrected chi connectivity index (χ3v) is 5.88. The quantitative estimate of drug-likeness (QED) is 0.431. The molecule has 0 saturated heterocycles. The van der Waals surface area contributed by atoms with Gasteiger partial charge in [0.1, 0.15) is 17.2 Å². The molecule has 3 aromatic rings. The molecule has 0 amide bonds. The first-order valence-electron chi connectivity index (χ1n) is 11.5. The normalized spacial score (nSPS) is 15.2. The number of benzene rings is 3. The van der Waals surface area contributed by atoms with E-state index in [0.717, 1.165) is 11.1 Å². The lowest BCUT2D eigenvalue weighted by Crippen LogP contribution is -2.23. The highest BCUT2D eigenvalue weighted by Gasteiger charge is 2.35. The molecule has 34 heavy (non-hydrogen) atoms. The fraction of sp³-hybridized carbons (Fsp3) is 0.276. The summed E-state index contributed by atoms with van der Waals surface area (Å²) in [6.45, 7) is 8.17. The average Bonchev–Trinajstić information content (AvgIpc) is 2.82. The van der Waals surface area contributed by atoms with Crippen LogP contribution in [0, 0.1) is 0 Å². The van der Waals surface area contributed by atoms with E-state index in [1.165, 1.54) is 5.56 Å². The van der Waals surface area contributed by atoms with Crippen molar-refractivity contribution in [1.29, 1.82) is 0 Å². The smallest absolute Gasteiger partial charge is 0.336 e. The molecule has 0 bridgehead atoms. The van der Waals surface area contributed by atoms with E-state index in [2.05, 4.69) is 13.8 Å². The maximum atomic E-state index is 12.7. The first-order chi connectivity index (χ1) is 16.3. The summed E-state index contributed by atoms with van der Waals surface area (Å²) >= 11 is 0. The van der Waals surface area contributed by atoms with Gasteiger partial charge >= 0.3 is 5.97 Å². The molecule has 0 saturated carbocycles. The SMILES string of the molecule is COc1ccc(C2=C(C(=O)O)C(c3ccc(C(C)C)cc3)Oc3ccc(OC(C)C)cc32)cc1. The molecule has 5 nitrogen and oxygen atoms in total. The average molecular weight is 459 g/mol. The monoisotopic (exact) mass is 458 g/mol. The minimum atomic E-state index is -1.02. The predicted octanol–water partition coefficient (Wildman–Crippen LogP) is 6.63. The van der Waals surface area contributed by atoms with Crippen LogP contribution in [0.15, 0.2) is 72.3 Å². The zero-order chi connectivity index (χ0) is 24.4. The number of methoxy groups -OCH3 is 1. The molecule has 1 heterocycles. The molecular formula is C29H30O5. The van der Waals surface area contributed by atoms with Gasteiger partial charge in [-0.05, 0) is 66.8 Å². The Labute approximate surface area is 200 Å². The van der Waals surface area contributed by atoms with Crippen LogP contribution in [0.1, 0.15) is 62.0 Å². The summed E-state index contributed by atoms with van der Waals surface area (Å²) in [4.78, 5) is 12.7. The second-order valence-corrected chi connectivity index (χ2v) is 8.97. The summed E-state index contributed by atoms with van der Waals surface area (Å²) in [7, 11) is 1.60. The number of fused-ring (bicyclic) bond motifs is 1. The Bertz CT molecular complexity index is 1200. The largest absolute Gasteiger partial charge is 0.497 e. The molecule has 4 rings (SSSR count). The van der Waals surface area contributed by atoms with Gasteiger partial charge in [-0.15, -0.1) is 0 Å². The molecule has 176 valence electrons. The Balaban J connectivity index is 1.93. The Morgan fingerprint density at radius 3 is 2.12 bits per heavy atom. The maximum absolute atomic E-state index is 12.7. The summed E-state index contributed by atoms with van der Waals surface area (Å²) in [5.74, 6) is 1.33. The van der Waals surface area contributed by atoms with E-state index >= 15 is 0 Å². The van der Waals surface area contributed by atoms with E-state index in [4.69, 9.17) is 14.2 Å². The van der Waals surface area contributed by atoms with Crippen LogP contribution >= 0.6 is 0 Å². The van der Waals surface area contributed by atoms with Crippen LogP contribution < -0.4 is 14.2 Å². The Morgan fingerprint density at radius 2 is 1.56 bits per heavy atom. The van der Waals surface area contributed by atoms with Crippen LogP contribution in [-0.4, -0.2) is 24.3 Å². The van der Waals surface area contributed by atoms with Gasteiger partial charge in [0.2, 0.25) is 0 Å². The van der Waals surface area contributed by atoms with Gasteiger partial charge in [-0.3, -0.25) is 0 Å². The van der Waals surface area contributed by atoms with Crippen LogP contribution in [0.25, 0.3) is 5.57 Å². The molecule has 3 aromatic carbocycles. The van der Waals surface area contributed by atoms with E-state index in [9.17, 15) is 9.90 Å². The van der Waals surface area contributed by atoms with Crippen LogP contribution in [-0.2, 0) is 4.79 Å². The zero-order valence-electron chi connectivity index (χ0n) is 20.2. The van der Waals surface area contributed by atoms with E-state index in [-0.39, 0.29) is 11.7 Å². The molecule has 1 aliphatic heterocycles. The summed E-state index contributed by atoms with van der Waals surface area (Å²) < 4.78 is 17.5. The van der Waals surface area contributed by atoms with Gasteiger partial charge < -0.3 is 19.3 Å². The number of hydrogen-bond acceptors (Lipinski definition) is 4. The van der Waals surface area contributed by atoms with Gasteiger partial charge in [-0.1, -0.05) is 50.2 Å². The molecule has 1 atom stereocenters. The van der Waals surface area contributed by atoms with Gasteiger partial charge in [-0.25, -0.2) is 4.79 Å². The van der Waals surface area contributed by atoms with Crippen molar-refractivity contribution in [2.45, 2.75) is 45.8 Å². The van der Waals surface area contributed by atoms with E-state index in [1.54, 1.807) is 7.11 Å². The Kier molecular flexibility index (Phi) is 6.64. The summed E-state index contributed by atoms with van der Waals surface area (Å²) in [5.41, 5.74) is 4.25. The van der Waals surface area contributed by atoms with Crippen molar-refractivity contribution in [3.63, 3.8) is 0 Å². The number of ether oxygens (including phenoxy) is 3. The number of carboxylic acid groups (broad SMARTS) is 1. The van der Waals surface area contributed by atoms with Crippen LogP contribution in [0.3, 0.4) is 0 Å². The van der Waals surface area contributed by atoms with Gasteiger partial charge in [-0.2, -0.15) is 0 Å². The van der Waals surface area contributed by atoms with E-state index in [0.29, 0.717) is 34.3 Å². The highest BCUT2D eigenvalue weighted by Crippen LogP contribution is 2.46. The van der Waals surface area contributed by atoms with E-state index < -0.39 is 12.1 Å². The van der Waals surface area contributed by atoms with Crippen molar-refractivity contribution in [3.05, 3.63) is 94.6 Å². The van der Waals surface area contributed by atoms with Crippen molar-refractivity contribution < 1.29 is 24.1 Å². The summed E-state index contributed by atoms with van der Waals surface area (Å²) in [5, 5.41) is 10.4. The second-order valence-electron chi connectivity index (χ2n) is 8.97. The van der Waals surface area contributed by atoms with E-state index in [1.807, 2.05) is 80.6 Å². The van der Waals surface area contributed by atoms with Gasteiger partial charge in [0, 0.05) is 11.1 Å². The van der Waals surface area contributed by atoms with Crippen molar-refractivity contribution in [1.82, 2.24) is 0 Å². The lowest BCUT2D eigenvalue weighted by Gasteiger charge is -2.30. The van der Waals surface area contributed by atoms with Gasteiger partial charge in [0.25, 0.3) is 0 Å². The Hall–Kier alpha value is -3.73. The van der Waals surface area contributed by atoms with Crippen molar-refractivity contribution in [2.24, 2.45) is 0 Å². The first kappa shape index (κ1) is 23.4. The van der Waals surface area contributed by atoms with Gasteiger partial charge in [0.15, 0.2) is 6.10 Å². The van der Waals surface area contributed by atoms with Crippen LogP contribution in [0.4, 0.5) is 0 Å². The number of carboxylic acids is 1. The highest BCUT2D eigenvalue weighted by atomic mass is 16.5. The zero-order valence-corrected chi connectivity index (χ0v) is 20.2. The molecule has 1 aliphatic rings. The first-order valence-corrected chi connectivity index (χ1v) is 11.5. The van der Waals surface area contributed by atoms with Crippen molar-refractivity contribution in [2.75, 3.05) is 7.11 Å². The third kappa shape index (κ3) is 4.65. The third-order valence-electron chi connectivity index (χ3n) is 5.88. The maximum Gasteiger partial charge on any atom is 0.336 e. The molecular weight excluding hydrogens is 428 g/mol. The highest BCUT2D eigenvalue weighted by molar-refractivity contribution is 6.04. The molecule has 0 aromatic heterocycles. The standard InChI is InChI=1S/C29H30O5/c1-17(2)19-6-8-21(9-7-19)28-27(29(30)31)26(20-10-12-22(32-5)13-11-20)24-16-23(33-18(3)4)14-15-25(24)34-28/h6-18,28H,1-5H3,(H,30,31).